The molecule has 5 aliphatic rings. The normalized spacial score (nSPS) is 20.3. The lowest BCUT2D eigenvalue weighted by atomic mass is 10.2. The van der Waals surface area contributed by atoms with E-state index < -0.39 is 0 Å². The number of rotatable bonds is 0. The molecule has 0 bridgehead atoms. The Morgan fingerprint density at radius 3 is 1.69 bits per heavy atom. The van der Waals surface area contributed by atoms with Gasteiger partial charge in [0.25, 0.3) is 0 Å². The number of halogens is 1. The molecule has 0 aromatic carbocycles. The van der Waals surface area contributed by atoms with Gasteiger partial charge in [0, 0.05) is 82.7 Å². The van der Waals surface area contributed by atoms with E-state index >= 15 is 0 Å². The molecule has 0 aromatic heterocycles. The fourth-order valence-electron chi connectivity index (χ4n) is 3.10. The number of carbonyl (C=O) groups is 2. The van der Waals surface area contributed by atoms with Gasteiger partial charge in [0.05, 0.1) is 5.71 Å². The maximum absolute atomic E-state index is 10.6. The molecule has 0 aromatic rings. The summed E-state index contributed by atoms with van der Waals surface area (Å²) in [6.45, 7) is 5.29. The van der Waals surface area contributed by atoms with E-state index in [9.17, 15) is 9.59 Å². The Bertz CT molecular complexity index is 533. The van der Waals surface area contributed by atoms with E-state index in [4.69, 9.17) is 15.2 Å². The molecule has 0 unspecified atom stereocenters. The molecule has 9 nitrogen and oxygen atoms in total. The van der Waals surface area contributed by atoms with E-state index in [1.54, 1.807) is 0 Å². The Morgan fingerprint density at radius 1 is 0.692 bits per heavy atom. The lowest BCUT2D eigenvalue weighted by Crippen LogP contribution is -2.22. The molecule has 0 spiro atoms. The molecular formula is C24H49BClN4O5S4. The summed E-state index contributed by atoms with van der Waals surface area (Å²) >= 11 is 7.69. The molecule has 5 heterocycles. The predicted molar refractivity (Wildman–Crippen MR) is 176 cm³/mol. The van der Waals surface area contributed by atoms with Crippen LogP contribution in [0.3, 0.4) is 0 Å². The first kappa shape index (κ1) is 43.7. The van der Waals surface area contributed by atoms with Crippen LogP contribution in [0.1, 0.15) is 51.4 Å². The van der Waals surface area contributed by atoms with Crippen molar-refractivity contribution in [2.75, 3.05) is 78.9 Å². The van der Waals surface area contributed by atoms with Crippen LogP contribution < -0.4 is 16.5 Å². The number of ketones is 1. The number of oxime groups is 1. The van der Waals surface area contributed by atoms with E-state index in [0.29, 0.717) is 12.2 Å². The molecule has 5 aliphatic heterocycles. The standard InChI is InChI=1S/2C5H9NOS.C5H11NS.C5H8OS.C4H8O.B.ClH.H3NO/c7-5-1-3-8-4-2-6-5;7-6-5-1-3-8-4-2-5;1-2-6-3-5-7-4-1;6-5-1-3-7-4-2-5;1-2-4-5-3-1;;;1-2/h1-4H2,(H,6,7);7H,1-4H2;6H,1-5H2;1-4H2;1-4H2;;1H;2H,1H2. The average molecular weight is 648 g/mol. The molecule has 15 heteroatoms. The second kappa shape index (κ2) is 36.2. The third-order valence-electron chi connectivity index (χ3n) is 5.20. The zero-order valence-electron chi connectivity index (χ0n) is 23.1. The molecule has 5 fully saturated rings. The summed E-state index contributed by atoms with van der Waals surface area (Å²) < 4.78 is 4.94. The molecule has 0 atom stereocenters. The van der Waals surface area contributed by atoms with Crippen LogP contribution in [0.15, 0.2) is 5.16 Å². The second-order valence-electron chi connectivity index (χ2n) is 8.18. The van der Waals surface area contributed by atoms with Crippen molar-refractivity contribution in [3.05, 3.63) is 0 Å². The van der Waals surface area contributed by atoms with Crippen LogP contribution in [0.4, 0.5) is 0 Å². The summed E-state index contributed by atoms with van der Waals surface area (Å²) in [4.78, 5) is 21.0. The van der Waals surface area contributed by atoms with E-state index in [1.807, 2.05) is 35.3 Å². The number of nitrogens with zero attached hydrogens (tertiary/aromatic N) is 1. The van der Waals surface area contributed by atoms with Gasteiger partial charge in [0.1, 0.15) is 5.78 Å². The molecule has 0 aliphatic carbocycles. The highest BCUT2D eigenvalue weighted by molar-refractivity contribution is 8.00. The monoisotopic (exact) mass is 647 g/mol. The van der Waals surface area contributed by atoms with Crippen LogP contribution in [-0.2, 0) is 14.3 Å². The molecule has 3 radical (unpaired) electrons. The Balaban J connectivity index is -0.000000406. The van der Waals surface area contributed by atoms with E-state index in [1.165, 1.54) is 43.9 Å². The van der Waals surface area contributed by atoms with Crippen molar-refractivity contribution >= 4 is 85.3 Å². The molecule has 0 saturated carbocycles. The number of Topliss-reactive ketones (excluding diaryl/α,β-unsaturated/α-hetero) is 1. The van der Waals surface area contributed by atoms with Crippen LogP contribution in [0.2, 0.25) is 0 Å². The maximum Gasteiger partial charge on any atom is 0.220 e. The summed E-state index contributed by atoms with van der Waals surface area (Å²) in [5, 5.41) is 24.0. The Labute approximate surface area is 260 Å². The third-order valence-corrected chi connectivity index (χ3v) is 9.22. The largest absolute Gasteiger partial charge is 0.411 e. The van der Waals surface area contributed by atoms with Crippen LogP contribution >= 0.6 is 59.5 Å². The van der Waals surface area contributed by atoms with Crippen molar-refractivity contribution in [1.82, 2.24) is 10.6 Å². The highest BCUT2D eigenvalue weighted by Gasteiger charge is 2.07. The van der Waals surface area contributed by atoms with Crippen molar-refractivity contribution in [3.63, 3.8) is 0 Å². The number of hydrogen-bond donors (Lipinski definition) is 5. The van der Waals surface area contributed by atoms with Gasteiger partial charge in [-0.05, 0) is 55.9 Å². The zero-order valence-corrected chi connectivity index (χ0v) is 27.2. The lowest BCUT2D eigenvalue weighted by molar-refractivity contribution is -0.120. The summed E-state index contributed by atoms with van der Waals surface area (Å²) in [5.41, 5.74) is 0.962. The van der Waals surface area contributed by atoms with Gasteiger partial charge >= 0.3 is 0 Å². The number of nitrogens with one attached hydrogen (secondary N) is 2. The second-order valence-corrected chi connectivity index (χ2v) is 13.1. The Kier molecular flexibility index (Phi) is 40.6. The van der Waals surface area contributed by atoms with E-state index in [2.05, 4.69) is 33.4 Å². The Hall–Kier alpha value is 0.205. The van der Waals surface area contributed by atoms with Crippen LogP contribution in [0, 0.1) is 0 Å². The van der Waals surface area contributed by atoms with E-state index in [0.717, 1.165) is 85.7 Å². The van der Waals surface area contributed by atoms with Gasteiger partial charge in [-0.15, -0.1) is 12.4 Å². The number of hydrogen-bond acceptors (Lipinski definition) is 12. The topological polar surface area (TPSA) is 146 Å². The van der Waals surface area contributed by atoms with Crippen molar-refractivity contribution < 1.29 is 24.7 Å². The average Bonchev–Trinajstić information content (AvgIpc) is 3.27. The van der Waals surface area contributed by atoms with Crippen molar-refractivity contribution in [3.8, 4) is 0 Å². The summed E-state index contributed by atoms with van der Waals surface area (Å²) in [6, 6.07) is 0. The molecular weight excluding hydrogens is 599 g/mol. The van der Waals surface area contributed by atoms with Gasteiger partial charge in [-0.2, -0.15) is 47.0 Å². The van der Waals surface area contributed by atoms with Gasteiger partial charge in [-0.25, -0.2) is 5.90 Å². The lowest BCUT2D eigenvalue weighted by Gasteiger charge is -2.08. The van der Waals surface area contributed by atoms with Gasteiger partial charge in [-0.3, -0.25) is 9.59 Å². The van der Waals surface area contributed by atoms with Crippen LogP contribution in [0.5, 0.6) is 0 Å². The van der Waals surface area contributed by atoms with Crippen molar-refractivity contribution in [2.45, 2.75) is 51.4 Å². The maximum atomic E-state index is 10.6. The van der Waals surface area contributed by atoms with Crippen molar-refractivity contribution in [2.24, 2.45) is 11.1 Å². The quantitative estimate of drug-likeness (QED) is 0.149. The highest BCUT2D eigenvalue weighted by Crippen LogP contribution is 2.14. The molecule has 229 valence electrons. The summed E-state index contributed by atoms with van der Waals surface area (Å²) in [5.74, 6) is 13.2. The summed E-state index contributed by atoms with van der Waals surface area (Å²) in [7, 11) is 0. The van der Waals surface area contributed by atoms with Gasteiger partial charge < -0.3 is 25.8 Å². The highest BCUT2D eigenvalue weighted by atomic mass is 35.5. The molecule has 6 N–H and O–H groups in total. The fraction of sp³-hybridized carbons (Fsp3) is 0.875. The first-order valence-electron chi connectivity index (χ1n) is 13.1. The third kappa shape index (κ3) is 32.6. The minimum absolute atomic E-state index is 0. The van der Waals surface area contributed by atoms with Crippen LogP contribution in [-0.4, -0.2) is 115 Å². The van der Waals surface area contributed by atoms with Gasteiger partial charge in [0.2, 0.25) is 5.91 Å². The first-order chi connectivity index (χ1) is 18.2. The van der Waals surface area contributed by atoms with E-state index in [-0.39, 0.29) is 26.7 Å². The number of thioether (sulfide) groups is 4. The molecule has 1 amide bonds. The van der Waals surface area contributed by atoms with Gasteiger partial charge in [-0.1, -0.05) is 5.16 Å². The smallest absolute Gasteiger partial charge is 0.220 e. The minimum atomic E-state index is 0. The number of ether oxygens (including phenoxy) is 1. The molecule has 39 heavy (non-hydrogen) atoms. The predicted octanol–water partition coefficient (Wildman–Crippen LogP) is 3.55. The van der Waals surface area contributed by atoms with Crippen LogP contribution in [0.25, 0.3) is 0 Å². The number of carbonyl (C=O) groups excluding carboxylic acids is 2. The number of nitrogens with two attached hydrogens (primary N) is 1. The van der Waals surface area contributed by atoms with Crippen molar-refractivity contribution in [1.29, 1.82) is 0 Å². The number of amides is 1. The minimum Gasteiger partial charge on any atom is -0.411 e. The summed E-state index contributed by atoms with van der Waals surface area (Å²) in [6.07, 6.45) is 8.17. The molecule has 5 saturated heterocycles. The SMILES string of the molecule is C1CCOC1.C1CNCCSC1.Cl.NO.O=C1CCSCC1.O=C1CCSCCN1.ON=C1CCSCC1.[B]. The van der Waals surface area contributed by atoms with Gasteiger partial charge in [0.15, 0.2) is 0 Å². The zero-order chi connectivity index (χ0) is 27.2. The first-order valence-corrected chi connectivity index (χ1v) is 17.7. The Morgan fingerprint density at radius 2 is 1.21 bits per heavy atom. The fourth-order valence-corrected chi connectivity index (χ4v) is 6.64. The molecule has 5 rings (SSSR count).